The topological polar surface area (TPSA) is 102 Å². The van der Waals surface area contributed by atoms with E-state index in [0.29, 0.717) is 33.1 Å². The fourth-order valence-electron chi connectivity index (χ4n) is 3.24. The number of carbonyl (C=O) groups excluding carboxylic acids is 4. The molecular formula is C27H28N2O7. The Morgan fingerprint density at radius 3 is 2.06 bits per heavy atom. The maximum Gasteiger partial charge on any atom is 0.436 e. The van der Waals surface area contributed by atoms with Gasteiger partial charge in [0.25, 0.3) is 5.91 Å². The molecule has 0 N–H and O–H groups in total. The highest BCUT2D eigenvalue weighted by Crippen LogP contribution is 2.14. The molecule has 2 aromatic rings. The van der Waals surface area contributed by atoms with Crippen molar-refractivity contribution in [2.45, 2.75) is 32.5 Å². The Hall–Kier alpha value is -4.40. The molecule has 0 saturated heterocycles. The summed E-state index contributed by atoms with van der Waals surface area (Å²) >= 11 is 0. The van der Waals surface area contributed by atoms with Gasteiger partial charge in [-0.2, -0.15) is 5.01 Å². The lowest BCUT2D eigenvalue weighted by molar-refractivity contribution is -0.153. The highest BCUT2D eigenvalue weighted by molar-refractivity contribution is 5.94. The van der Waals surface area contributed by atoms with Crippen molar-refractivity contribution in [1.29, 1.82) is 0 Å². The van der Waals surface area contributed by atoms with Crippen LogP contribution in [-0.2, 0) is 37.0 Å². The summed E-state index contributed by atoms with van der Waals surface area (Å²) in [6, 6.07) is 17.7. The van der Waals surface area contributed by atoms with Crippen molar-refractivity contribution >= 4 is 24.1 Å². The zero-order valence-electron chi connectivity index (χ0n) is 19.8. The van der Waals surface area contributed by atoms with Crippen molar-refractivity contribution in [3.05, 3.63) is 96.1 Å². The second-order valence-corrected chi connectivity index (χ2v) is 7.91. The van der Waals surface area contributed by atoms with Gasteiger partial charge in [0.1, 0.15) is 19.8 Å². The number of carbonyl (C=O) groups is 4. The van der Waals surface area contributed by atoms with Crippen LogP contribution in [0.1, 0.15) is 30.4 Å². The number of rotatable bonds is 4. The Bertz CT molecular complexity index is 1100. The standard InChI is InChI=1S/C27H28N2O7/c1-21-10-8-9-15-24(30)29(27(33)36-20-23-13-6-3-7-14-23)28(18-25(31)34-17-16-21)26(32)35-19-22-11-4-2-5-12-22/h2-8,10-14H,1,9,15-20H2/b10-8-. The van der Waals surface area contributed by atoms with Crippen molar-refractivity contribution in [3.63, 3.8) is 0 Å². The maximum absolute atomic E-state index is 13.1. The molecule has 0 saturated carbocycles. The molecule has 1 aliphatic heterocycles. The van der Waals surface area contributed by atoms with Gasteiger partial charge in [0.2, 0.25) is 0 Å². The van der Waals surface area contributed by atoms with Gasteiger partial charge < -0.3 is 14.2 Å². The van der Waals surface area contributed by atoms with Crippen molar-refractivity contribution < 1.29 is 33.4 Å². The number of amides is 3. The zero-order valence-corrected chi connectivity index (χ0v) is 19.8. The molecule has 0 aromatic heterocycles. The fraction of sp³-hybridized carbons (Fsp3) is 0.259. The minimum atomic E-state index is -1.11. The van der Waals surface area contributed by atoms with E-state index in [2.05, 4.69) is 6.58 Å². The number of hydrazine groups is 1. The predicted octanol–water partition coefficient (Wildman–Crippen LogP) is 4.55. The first-order chi connectivity index (χ1) is 17.4. The van der Waals surface area contributed by atoms with E-state index in [1.165, 1.54) is 0 Å². The number of esters is 1. The van der Waals surface area contributed by atoms with Gasteiger partial charge >= 0.3 is 18.2 Å². The van der Waals surface area contributed by atoms with E-state index < -0.39 is 30.6 Å². The van der Waals surface area contributed by atoms with Gasteiger partial charge in [0, 0.05) is 12.8 Å². The third-order valence-corrected chi connectivity index (χ3v) is 5.12. The van der Waals surface area contributed by atoms with E-state index in [1.54, 1.807) is 60.7 Å². The molecule has 0 radical (unpaired) electrons. The normalized spacial score (nSPS) is 16.2. The summed E-state index contributed by atoms with van der Waals surface area (Å²) in [5.41, 5.74) is 2.09. The SMILES string of the molecule is C=C1/C=C\CCC(=O)N(C(=O)OCc2ccccc2)N(C(=O)OCc2ccccc2)CC(=O)OCC1. The molecule has 1 heterocycles. The van der Waals surface area contributed by atoms with Crippen molar-refractivity contribution in [1.82, 2.24) is 10.0 Å². The van der Waals surface area contributed by atoms with Crippen molar-refractivity contribution in [2.75, 3.05) is 13.2 Å². The molecule has 188 valence electrons. The lowest BCUT2D eigenvalue weighted by atomic mass is 10.2. The van der Waals surface area contributed by atoms with Gasteiger partial charge in [-0.3, -0.25) is 9.59 Å². The molecule has 0 fully saturated rings. The predicted molar refractivity (Wildman–Crippen MR) is 130 cm³/mol. The third-order valence-electron chi connectivity index (χ3n) is 5.12. The number of hydrogen-bond donors (Lipinski definition) is 0. The smallest absolute Gasteiger partial charge is 0.436 e. The van der Waals surface area contributed by atoms with Gasteiger partial charge in [0.05, 0.1) is 6.61 Å². The number of hydrogen-bond acceptors (Lipinski definition) is 7. The largest absolute Gasteiger partial charge is 0.464 e. The highest BCUT2D eigenvalue weighted by atomic mass is 16.6. The Morgan fingerprint density at radius 1 is 0.861 bits per heavy atom. The van der Waals surface area contributed by atoms with Gasteiger partial charge in [-0.25, -0.2) is 9.59 Å². The molecule has 9 nitrogen and oxygen atoms in total. The summed E-state index contributed by atoms with van der Waals surface area (Å²) in [6.45, 7) is 2.91. The van der Waals surface area contributed by atoms with Crippen LogP contribution in [-0.4, -0.2) is 47.2 Å². The summed E-state index contributed by atoms with van der Waals surface area (Å²) in [5, 5.41) is 1.13. The second-order valence-electron chi connectivity index (χ2n) is 7.91. The van der Waals surface area contributed by atoms with E-state index in [4.69, 9.17) is 14.2 Å². The van der Waals surface area contributed by atoms with Crippen LogP contribution >= 0.6 is 0 Å². The molecule has 36 heavy (non-hydrogen) atoms. The summed E-state index contributed by atoms with van der Waals surface area (Å²) < 4.78 is 15.8. The maximum atomic E-state index is 13.1. The van der Waals surface area contributed by atoms with Crippen LogP contribution in [0.5, 0.6) is 0 Å². The Morgan fingerprint density at radius 2 is 1.44 bits per heavy atom. The van der Waals surface area contributed by atoms with Crippen LogP contribution < -0.4 is 0 Å². The minimum absolute atomic E-state index is 0.0291. The average molecular weight is 493 g/mol. The van der Waals surface area contributed by atoms with E-state index in [9.17, 15) is 19.2 Å². The summed E-state index contributed by atoms with van der Waals surface area (Å²) in [4.78, 5) is 51.8. The molecule has 0 atom stereocenters. The van der Waals surface area contributed by atoms with Gasteiger partial charge in [-0.1, -0.05) is 85.0 Å². The molecule has 0 spiro atoms. The van der Waals surface area contributed by atoms with Crippen LogP contribution in [0.2, 0.25) is 0 Å². The molecule has 0 bridgehead atoms. The number of benzene rings is 2. The zero-order chi connectivity index (χ0) is 25.8. The number of nitrogens with zero attached hydrogens (tertiary/aromatic N) is 2. The molecule has 3 amide bonds. The first kappa shape index (κ1) is 26.2. The van der Waals surface area contributed by atoms with Crippen molar-refractivity contribution in [2.24, 2.45) is 0 Å². The number of ether oxygens (including phenoxy) is 3. The second kappa shape index (κ2) is 13.5. The Balaban J connectivity index is 1.84. The summed E-state index contributed by atoms with van der Waals surface area (Å²) in [7, 11) is 0. The van der Waals surface area contributed by atoms with Crippen LogP contribution in [0, 0.1) is 0 Å². The summed E-state index contributed by atoms with van der Waals surface area (Å²) in [6.07, 6.45) is 1.81. The first-order valence-corrected chi connectivity index (χ1v) is 11.5. The van der Waals surface area contributed by atoms with E-state index in [-0.39, 0.29) is 32.7 Å². The first-order valence-electron chi connectivity index (χ1n) is 11.5. The molecule has 2 aromatic carbocycles. The molecule has 0 unspecified atom stereocenters. The van der Waals surface area contributed by atoms with Crippen LogP contribution in [0.3, 0.4) is 0 Å². The van der Waals surface area contributed by atoms with Crippen molar-refractivity contribution in [3.8, 4) is 0 Å². The van der Waals surface area contributed by atoms with Crippen LogP contribution in [0.15, 0.2) is 85.0 Å². The van der Waals surface area contributed by atoms with E-state index >= 15 is 0 Å². The lowest BCUT2D eigenvalue weighted by Gasteiger charge is -2.30. The summed E-state index contributed by atoms with van der Waals surface area (Å²) in [5.74, 6) is -1.57. The van der Waals surface area contributed by atoms with Crippen LogP contribution in [0.4, 0.5) is 9.59 Å². The molecular weight excluding hydrogens is 464 g/mol. The Kier molecular flexibility index (Phi) is 9.81. The number of cyclic esters (lactones) is 1. The fourth-order valence-corrected chi connectivity index (χ4v) is 3.24. The molecule has 3 rings (SSSR count). The minimum Gasteiger partial charge on any atom is -0.464 e. The monoisotopic (exact) mass is 492 g/mol. The van der Waals surface area contributed by atoms with E-state index in [1.807, 2.05) is 12.1 Å². The van der Waals surface area contributed by atoms with Crippen LogP contribution in [0.25, 0.3) is 0 Å². The quantitative estimate of drug-likeness (QED) is 0.456. The number of imide groups is 1. The van der Waals surface area contributed by atoms with Gasteiger partial charge in [-0.05, 0) is 17.5 Å². The van der Waals surface area contributed by atoms with Gasteiger partial charge in [0.15, 0.2) is 0 Å². The van der Waals surface area contributed by atoms with E-state index in [0.717, 1.165) is 0 Å². The molecule has 0 aliphatic carbocycles. The number of allylic oxidation sites excluding steroid dienone is 2. The highest BCUT2D eigenvalue weighted by Gasteiger charge is 2.36. The molecule has 9 heteroatoms. The average Bonchev–Trinajstić information content (AvgIpc) is 2.90. The third kappa shape index (κ3) is 8.12. The Labute approximate surface area is 209 Å². The molecule has 1 aliphatic rings. The van der Waals surface area contributed by atoms with Gasteiger partial charge in [-0.15, -0.1) is 5.01 Å². The lowest BCUT2D eigenvalue weighted by Crippen LogP contribution is -2.55.